The molecule has 0 radical (unpaired) electrons. The summed E-state index contributed by atoms with van der Waals surface area (Å²) in [6.07, 6.45) is -0.233. The fourth-order valence-electron chi connectivity index (χ4n) is 4.39. The number of fused-ring (bicyclic) bond motifs is 3. The van der Waals surface area contributed by atoms with Gasteiger partial charge in [0.15, 0.2) is 5.65 Å². The van der Waals surface area contributed by atoms with Crippen molar-refractivity contribution in [2.24, 2.45) is 0 Å². The van der Waals surface area contributed by atoms with E-state index in [0.29, 0.717) is 18.7 Å². The first-order valence-corrected chi connectivity index (χ1v) is 12.3. The van der Waals surface area contributed by atoms with Gasteiger partial charge >= 0.3 is 11.8 Å². The van der Waals surface area contributed by atoms with Crippen LogP contribution in [-0.4, -0.2) is 62.3 Å². The lowest BCUT2D eigenvalue weighted by Crippen LogP contribution is -2.49. The summed E-state index contributed by atoms with van der Waals surface area (Å²) in [6.45, 7) is 11.6. The van der Waals surface area contributed by atoms with Crippen molar-refractivity contribution in [3.63, 3.8) is 0 Å². The number of benzene rings is 1. The first kappa shape index (κ1) is 22.6. The van der Waals surface area contributed by atoms with Crippen LogP contribution in [0.4, 0.5) is 4.79 Å². The summed E-state index contributed by atoms with van der Waals surface area (Å²) in [4.78, 5) is 30.1. The average Bonchev–Trinajstić information content (AvgIpc) is 3.39. The molecule has 0 aliphatic carbocycles. The van der Waals surface area contributed by atoms with Gasteiger partial charge in [-0.1, -0.05) is 12.1 Å². The van der Waals surface area contributed by atoms with E-state index in [1.165, 1.54) is 4.88 Å². The number of carbonyl (C=O) groups excluding carboxylic acids is 1. The van der Waals surface area contributed by atoms with E-state index in [-0.39, 0.29) is 11.8 Å². The Bertz CT molecular complexity index is 1420. The normalized spacial score (nSPS) is 15.4. The number of pyridine rings is 1. The van der Waals surface area contributed by atoms with E-state index in [1.807, 2.05) is 33.8 Å². The first-order valence-electron chi connectivity index (χ1n) is 11.5. The van der Waals surface area contributed by atoms with Gasteiger partial charge in [0.1, 0.15) is 5.60 Å². The highest BCUT2D eigenvalue weighted by Crippen LogP contribution is 2.30. The number of nitrogens with one attached hydrogen (secondary N) is 1. The minimum Gasteiger partial charge on any atom is -0.444 e. The second-order valence-electron chi connectivity index (χ2n) is 9.83. The molecule has 1 aliphatic rings. The quantitative estimate of drug-likeness (QED) is 0.475. The van der Waals surface area contributed by atoms with E-state index in [1.54, 1.807) is 20.6 Å². The lowest BCUT2D eigenvalue weighted by atomic mass is 10.0. The Hall–Kier alpha value is -3.17. The Balaban J connectivity index is 1.30. The SMILES string of the molecule is Cc1cc2n[nH]c(=O)n2c2cc(-c3csc(CN4CCN(C(=O)OC(C)(C)C)CC4)c3)ccc12. The Labute approximate surface area is 201 Å². The van der Waals surface area contributed by atoms with Crippen LogP contribution >= 0.6 is 11.3 Å². The molecule has 1 amide bonds. The fraction of sp³-hybridized carbons (Fsp3) is 0.400. The number of amides is 1. The summed E-state index contributed by atoms with van der Waals surface area (Å²) in [5.74, 6) is 0. The molecule has 34 heavy (non-hydrogen) atoms. The Morgan fingerprint density at radius 1 is 1.12 bits per heavy atom. The number of aryl methyl sites for hydroxylation is 1. The molecule has 0 bridgehead atoms. The zero-order chi connectivity index (χ0) is 24.0. The smallest absolute Gasteiger partial charge is 0.410 e. The number of aromatic nitrogens is 3. The number of piperazine rings is 1. The van der Waals surface area contributed by atoms with Gasteiger partial charge in [-0.2, -0.15) is 5.10 Å². The second-order valence-corrected chi connectivity index (χ2v) is 10.8. The molecular formula is C25H29N5O3S. The highest BCUT2D eigenvalue weighted by Gasteiger charge is 2.26. The van der Waals surface area contributed by atoms with Gasteiger partial charge in [-0.05, 0) is 68.0 Å². The molecule has 1 aliphatic heterocycles. The predicted molar refractivity (Wildman–Crippen MR) is 134 cm³/mol. The Morgan fingerprint density at radius 2 is 1.88 bits per heavy atom. The number of hydrogen-bond donors (Lipinski definition) is 1. The van der Waals surface area contributed by atoms with Crippen LogP contribution in [0, 0.1) is 6.92 Å². The van der Waals surface area contributed by atoms with E-state index < -0.39 is 5.60 Å². The summed E-state index contributed by atoms with van der Waals surface area (Å²) in [5, 5.41) is 9.88. The first-order chi connectivity index (χ1) is 16.2. The molecule has 1 N–H and O–H groups in total. The maximum atomic E-state index is 12.3. The summed E-state index contributed by atoms with van der Waals surface area (Å²) >= 11 is 1.74. The van der Waals surface area contributed by atoms with Crippen molar-refractivity contribution in [1.29, 1.82) is 0 Å². The van der Waals surface area contributed by atoms with Gasteiger partial charge in [0, 0.05) is 43.0 Å². The maximum Gasteiger partial charge on any atom is 0.410 e. The Kier molecular flexibility index (Phi) is 5.69. The third-order valence-electron chi connectivity index (χ3n) is 6.10. The molecule has 8 nitrogen and oxygen atoms in total. The number of hydrogen-bond acceptors (Lipinski definition) is 6. The highest BCUT2D eigenvalue weighted by molar-refractivity contribution is 7.10. The second kappa shape index (κ2) is 8.56. The molecule has 1 saturated heterocycles. The molecule has 4 aromatic rings. The molecule has 4 heterocycles. The number of H-pyrrole nitrogens is 1. The monoisotopic (exact) mass is 479 g/mol. The van der Waals surface area contributed by atoms with E-state index in [4.69, 9.17) is 4.74 Å². The van der Waals surface area contributed by atoms with Crippen molar-refractivity contribution >= 4 is 34.0 Å². The predicted octanol–water partition coefficient (Wildman–Crippen LogP) is 4.27. The average molecular weight is 480 g/mol. The summed E-state index contributed by atoms with van der Waals surface area (Å²) in [5.41, 5.74) is 4.09. The molecule has 0 spiro atoms. The summed E-state index contributed by atoms with van der Waals surface area (Å²) < 4.78 is 7.12. The minimum absolute atomic E-state index is 0.228. The van der Waals surface area contributed by atoms with Crippen molar-refractivity contribution in [3.8, 4) is 11.1 Å². The molecule has 1 fully saturated rings. The fourth-order valence-corrected chi connectivity index (χ4v) is 5.32. The van der Waals surface area contributed by atoms with Gasteiger partial charge in [-0.25, -0.2) is 19.1 Å². The molecule has 0 saturated carbocycles. The van der Waals surface area contributed by atoms with Gasteiger partial charge in [0.2, 0.25) is 0 Å². The molecule has 5 rings (SSSR count). The van der Waals surface area contributed by atoms with Gasteiger partial charge in [-0.3, -0.25) is 4.90 Å². The van der Waals surface area contributed by atoms with Crippen LogP contribution in [0.25, 0.3) is 27.7 Å². The van der Waals surface area contributed by atoms with Crippen molar-refractivity contribution in [2.75, 3.05) is 26.2 Å². The van der Waals surface area contributed by atoms with Gasteiger partial charge < -0.3 is 9.64 Å². The van der Waals surface area contributed by atoms with Crippen LogP contribution in [0.2, 0.25) is 0 Å². The maximum absolute atomic E-state index is 12.3. The highest BCUT2D eigenvalue weighted by atomic mass is 32.1. The zero-order valence-electron chi connectivity index (χ0n) is 19.9. The van der Waals surface area contributed by atoms with Crippen LogP contribution in [0.15, 0.2) is 40.5 Å². The largest absolute Gasteiger partial charge is 0.444 e. The molecule has 0 unspecified atom stereocenters. The number of rotatable bonds is 3. The molecule has 9 heteroatoms. The van der Waals surface area contributed by atoms with Crippen molar-refractivity contribution < 1.29 is 9.53 Å². The molecule has 3 aromatic heterocycles. The summed E-state index contributed by atoms with van der Waals surface area (Å²) in [7, 11) is 0. The standard InChI is InChI=1S/C25H29N5O3S/c1-16-11-22-26-27-23(31)30(22)21-13-17(5-6-20(16)21)18-12-19(34-15-18)14-28-7-9-29(10-8-28)24(32)33-25(2,3)4/h5-6,11-13,15H,7-10,14H2,1-4H3,(H,27,31). The molecular weight excluding hydrogens is 450 g/mol. The zero-order valence-corrected chi connectivity index (χ0v) is 20.7. The molecule has 1 aromatic carbocycles. The number of nitrogens with zero attached hydrogens (tertiary/aromatic N) is 4. The van der Waals surface area contributed by atoms with Crippen molar-refractivity contribution in [1.82, 2.24) is 24.4 Å². The third kappa shape index (κ3) is 4.45. The van der Waals surface area contributed by atoms with Crippen LogP contribution in [0.3, 0.4) is 0 Å². The van der Waals surface area contributed by atoms with Crippen LogP contribution < -0.4 is 5.69 Å². The molecule has 178 valence electrons. The van der Waals surface area contributed by atoms with Crippen LogP contribution in [-0.2, 0) is 11.3 Å². The lowest BCUT2D eigenvalue weighted by molar-refractivity contribution is 0.0140. The minimum atomic E-state index is -0.472. The van der Waals surface area contributed by atoms with E-state index in [0.717, 1.165) is 47.2 Å². The van der Waals surface area contributed by atoms with E-state index in [9.17, 15) is 9.59 Å². The summed E-state index contributed by atoms with van der Waals surface area (Å²) in [6, 6.07) is 10.4. The topological polar surface area (TPSA) is 82.9 Å². The van der Waals surface area contributed by atoms with Gasteiger partial charge in [0.05, 0.1) is 5.52 Å². The number of carbonyl (C=O) groups is 1. The lowest BCUT2D eigenvalue weighted by Gasteiger charge is -2.35. The van der Waals surface area contributed by atoms with Crippen LogP contribution in [0.1, 0.15) is 31.2 Å². The third-order valence-corrected chi connectivity index (χ3v) is 7.02. The number of ether oxygens (including phenoxy) is 1. The Morgan fingerprint density at radius 3 is 2.62 bits per heavy atom. The van der Waals surface area contributed by atoms with E-state index in [2.05, 4.69) is 44.7 Å². The van der Waals surface area contributed by atoms with Crippen molar-refractivity contribution in [2.45, 2.75) is 39.8 Å². The number of aromatic amines is 1. The molecule has 0 atom stereocenters. The number of thiophene rings is 1. The van der Waals surface area contributed by atoms with E-state index >= 15 is 0 Å². The van der Waals surface area contributed by atoms with Gasteiger partial charge in [-0.15, -0.1) is 11.3 Å². The van der Waals surface area contributed by atoms with Crippen LogP contribution in [0.5, 0.6) is 0 Å². The van der Waals surface area contributed by atoms with Gasteiger partial charge in [0.25, 0.3) is 0 Å². The van der Waals surface area contributed by atoms with Crippen molar-refractivity contribution in [3.05, 3.63) is 56.6 Å².